The van der Waals surface area contributed by atoms with Crippen molar-refractivity contribution in [2.45, 2.75) is 90.1 Å². The van der Waals surface area contributed by atoms with Crippen LogP contribution in [0, 0.1) is 0 Å². The van der Waals surface area contributed by atoms with Crippen LogP contribution in [0.4, 0.5) is 0 Å². The summed E-state index contributed by atoms with van der Waals surface area (Å²) in [6.45, 7) is 0.951. The molecule has 27 heavy (non-hydrogen) atoms. The minimum absolute atomic E-state index is 0.194. The molecule has 0 saturated heterocycles. The number of aliphatic hydroxyl groups is 1. The summed E-state index contributed by atoms with van der Waals surface area (Å²) in [5.41, 5.74) is 0. The molecule has 0 bridgehead atoms. The number of phosphoric ester groups is 1. The van der Waals surface area contributed by atoms with Crippen LogP contribution >= 0.6 is 7.82 Å². The van der Waals surface area contributed by atoms with Gasteiger partial charge in [-0.1, -0.05) is 71.1 Å². The fraction of sp³-hybridized carbons (Fsp3) is 0.944. The predicted molar refractivity (Wildman–Crippen MR) is 102 cm³/mol. The van der Waals surface area contributed by atoms with Crippen molar-refractivity contribution in [1.29, 1.82) is 0 Å². The fourth-order valence-corrected chi connectivity index (χ4v) is 3.02. The van der Waals surface area contributed by atoms with Crippen LogP contribution in [-0.2, 0) is 23.4 Å². The summed E-state index contributed by atoms with van der Waals surface area (Å²) < 4.78 is 24.9. The second-order valence-corrected chi connectivity index (χ2v) is 7.92. The largest absolute Gasteiger partial charge is 0.469 e. The highest BCUT2D eigenvalue weighted by atomic mass is 31.2. The second-order valence-electron chi connectivity index (χ2n) is 6.68. The number of hydrogen-bond donors (Lipinski definition) is 3. The van der Waals surface area contributed by atoms with Crippen molar-refractivity contribution < 1.29 is 38.3 Å². The Labute approximate surface area is 162 Å². The maximum Gasteiger partial charge on any atom is 0.469 e. The Morgan fingerprint density at radius 1 is 0.889 bits per heavy atom. The van der Waals surface area contributed by atoms with Gasteiger partial charge in [0.15, 0.2) is 0 Å². The van der Waals surface area contributed by atoms with Crippen molar-refractivity contribution >= 4 is 13.8 Å². The molecule has 0 aromatic carbocycles. The normalized spacial score (nSPS) is 12.9. The summed E-state index contributed by atoms with van der Waals surface area (Å²) in [5.74, 6) is -0.466. The highest BCUT2D eigenvalue weighted by molar-refractivity contribution is 7.46. The standard InChI is InChI=1S/C18H37O8P/c1-2-3-4-5-6-7-8-9-10-11-12-13-18(20)26-17(14-24-16-19)15-25-27(21,22)23/h17,19H,2-16H2,1H3,(H2,21,22,23)/t17-/m0/s1. The number of unbranched alkanes of at least 4 members (excludes halogenated alkanes) is 10. The van der Waals surface area contributed by atoms with E-state index in [1.54, 1.807) is 0 Å². The van der Waals surface area contributed by atoms with E-state index in [9.17, 15) is 9.36 Å². The van der Waals surface area contributed by atoms with E-state index >= 15 is 0 Å². The lowest BCUT2D eigenvalue weighted by Gasteiger charge is -2.17. The molecular weight excluding hydrogens is 375 g/mol. The van der Waals surface area contributed by atoms with E-state index in [1.807, 2.05) is 0 Å². The monoisotopic (exact) mass is 412 g/mol. The summed E-state index contributed by atoms with van der Waals surface area (Å²) in [6, 6.07) is 0. The van der Waals surface area contributed by atoms with Crippen molar-refractivity contribution in [2.75, 3.05) is 20.0 Å². The van der Waals surface area contributed by atoms with E-state index in [4.69, 9.17) is 24.4 Å². The van der Waals surface area contributed by atoms with Crippen LogP contribution in [0.3, 0.4) is 0 Å². The molecule has 0 aliphatic heterocycles. The third kappa shape index (κ3) is 20.1. The Morgan fingerprint density at radius 2 is 1.41 bits per heavy atom. The Hall–Kier alpha value is -0.500. The summed E-state index contributed by atoms with van der Waals surface area (Å²) >= 11 is 0. The number of carbonyl (C=O) groups is 1. The molecular formula is C18H37O8P. The average molecular weight is 412 g/mol. The zero-order valence-corrected chi connectivity index (χ0v) is 17.4. The van der Waals surface area contributed by atoms with Crippen LogP contribution < -0.4 is 0 Å². The van der Waals surface area contributed by atoms with E-state index in [-0.39, 0.29) is 13.0 Å². The summed E-state index contributed by atoms with van der Waals surface area (Å²) in [4.78, 5) is 29.2. The predicted octanol–water partition coefficient (Wildman–Crippen LogP) is 3.68. The van der Waals surface area contributed by atoms with Crippen molar-refractivity contribution in [2.24, 2.45) is 0 Å². The van der Waals surface area contributed by atoms with Gasteiger partial charge in [-0.25, -0.2) is 4.57 Å². The first-order valence-corrected chi connectivity index (χ1v) is 11.5. The number of carbonyl (C=O) groups excluding carboxylic acids is 1. The maximum absolute atomic E-state index is 11.8. The lowest BCUT2D eigenvalue weighted by molar-refractivity contribution is -0.157. The van der Waals surface area contributed by atoms with Crippen molar-refractivity contribution in [3.05, 3.63) is 0 Å². The van der Waals surface area contributed by atoms with Gasteiger partial charge in [0.25, 0.3) is 0 Å². The number of hydrogen-bond acceptors (Lipinski definition) is 6. The van der Waals surface area contributed by atoms with Gasteiger partial charge in [0.05, 0.1) is 13.2 Å². The highest BCUT2D eigenvalue weighted by Crippen LogP contribution is 2.35. The molecule has 0 amide bonds. The Kier molecular flexibility index (Phi) is 17.3. The van der Waals surface area contributed by atoms with Gasteiger partial charge in [0, 0.05) is 6.42 Å². The van der Waals surface area contributed by atoms with Gasteiger partial charge >= 0.3 is 13.8 Å². The number of phosphoric acid groups is 1. The number of rotatable bonds is 19. The first kappa shape index (κ1) is 26.5. The van der Waals surface area contributed by atoms with Crippen LogP contribution in [0.25, 0.3) is 0 Å². The van der Waals surface area contributed by atoms with Crippen LogP contribution in [0.15, 0.2) is 0 Å². The van der Waals surface area contributed by atoms with E-state index in [2.05, 4.69) is 11.4 Å². The van der Waals surface area contributed by atoms with Crippen molar-refractivity contribution in [3.63, 3.8) is 0 Å². The minimum atomic E-state index is -4.65. The number of esters is 1. The first-order valence-electron chi connectivity index (χ1n) is 9.97. The molecule has 0 radical (unpaired) electrons. The third-order valence-electron chi connectivity index (χ3n) is 4.11. The smallest absolute Gasteiger partial charge is 0.457 e. The summed E-state index contributed by atoms with van der Waals surface area (Å²) in [7, 11) is -4.65. The lowest BCUT2D eigenvalue weighted by atomic mass is 10.1. The van der Waals surface area contributed by atoms with Crippen molar-refractivity contribution in [3.8, 4) is 0 Å². The molecule has 8 nitrogen and oxygen atoms in total. The second kappa shape index (κ2) is 17.6. The molecule has 1 atom stereocenters. The SMILES string of the molecule is CCCCCCCCCCCCCC(=O)O[C@@H](COCO)COP(=O)(O)O. The molecule has 0 aromatic heterocycles. The first-order chi connectivity index (χ1) is 12.9. The Morgan fingerprint density at radius 3 is 1.89 bits per heavy atom. The molecule has 0 spiro atoms. The third-order valence-corrected chi connectivity index (χ3v) is 4.59. The van der Waals surface area contributed by atoms with Gasteiger partial charge in [-0.15, -0.1) is 0 Å². The van der Waals surface area contributed by atoms with Crippen LogP contribution in [0.5, 0.6) is 0 Å². The summed E-state index contributed by atoms with van der Waals surface area (Å²) in [6.07, 6.45) is 12.3. The number of aliphatic hydroxyl groups excluding tert-OH is 1. The minimum Gasteiger partial charge on any atom is -0.457 e. The van der Waals surface area contributed by atoms with Crippen molar-refractivity contribution in [1.82, 2.24) is 0 Å². The zero-order chi connectivity index (χ0) is 20.4. The van der Waals surface area contributed by atoms with Gasteiger partial charge < -0.3 is 24.4 Å². The van der Waals surface area contributed by atoms with E-state index in [0.29, 0.717) is 6.42 Å². The van der Waals surface area contributed by atoms with Crippen LogP contribution in [-0.4, -0.2) is 47.0 Å². The zero-order valence-electron chi connectivity index (χ0n) is 16.5. The average Bonchev–Trinajstić information content (AvgIpc) is 2.61. The van der Waals surface area contributed by atoms with E-state index < -0.39 is 33.3 Å². The molecule has 9 heteroatoms. The van der Waals surface area contributed by atoms with E-state index in [1.165, 1.54) is 51.4 Å². The molecule has 0 saturated carbocycles. The molecule has 0 rings (SSSR count). The highest BCUT2D eigenvalue weighted by Gasteiger charge is 2.21. The van der Waals surface area contributed by atoms with Gasteiger partial charge in [-0.05, 0) is 6.42 Å². The molecule has 0 unspecified atom stereocenters. The number of ether oxygens (including phenoxy) is 2. The molecule has 162 valence electrons. The van der Waals surface area contributed by atoms with E-state index in [0.717, 1.165) is 12.8 Å². The molecule has 0 fully saturated rings. The van der Waals surface area contributed by atoms with Gasteiger partial charge in [-0.3, -0.25) is 9.32 Å². The fourth-order valence-electron chi connectivity index (χ4n) is 2.66. The van der Waals surface area contributed by atoms with Gasteiger partial charge in [0.2, 0.25) is 0 Å². The van der Waals surface area contributed by atoms with Gasteiger partial charge in [-0.2, -0.15) is 0 Å². The molecule has 0 heterocycles. The summed E-state index contributed by atoms with van der Waals surface area (Å²) in [5, 5.41) is 8.64. The van der Waals surface area contributed by atoms with Gasteiger partial charge in [0.1, 0.15) is 12.9 Å². The lowest BCUT2D eigenvalue weighted by Crippen LogP contribution is -2.28. The molecule has 0 aliphatic rings. The molecule has 3 N–H and O–H groups in total. The quantitative estimate of drug-likeness (QED) is 0.127. The molecule has 0 aliphatic carbocycles. The van der Waals surface area contributed by atoms with Crippen LogP contribution in [0.2, 0.25) is 0 Å². The van der Waals surface area contributed by atoms with Crippen LogP contribution in [0.1, 0.15) is 84.0 Å². The topological polar surface area (TPSA) is 123 Å². The Bertz CT molecular complexity index is 399. The maximum atomic E-state index is 11.8. The molecule has 0 aromatic rings. The Balaban J connectivity index is 3.71.